The van der Waals surface area contributed by atoms with Crippen LogP contribution in [0.25, 0.3) is 10.8 Å². The molecular weight excluding hydrogens is 500 g/mol. The summed E-state index contributed by atoms with van der Waals surface area (Å²) in [5.41, 5.74) is -0.00976. The number of rotatable bonds is 7. The summed E-state index contributed by atoms with van der Waals surface area (Å²) >= 11 is 0. The van der Waals surface area contributed by atoms with Gasteiger partial charge in [0, 0.05) is 24.8 Å². The molecule has 0 unspecified atom stereocenters. The lowest BCUT2D eigenvalue weighted by Gasteiger charge is -2.42. The fourth-order valence-corrected chi connectivity index (χ4v) is 6.97. The minimum Gasteiger partial charge on any atom is -0.352 e. The lowest BCUT2D eigenvalue weighted by Crippen LogP contribution is -2.57. The fraction of sp³-hybridized carbons (Fsp3) is 0.379. The van der Waals surface area contributed by atoms with Crippen molar-refractivity contribution in [3.8, 4) is 0 Å². The molecule has 0 bridgehead atoms. The Morgan fingerprint density at radius 1 is 0.974 bits per heavy atom. The number of para-hydroxylation sites is 1. The average molecular weight is 535 g/mol. The van der Waals surface area contributed by atoms with Gasteiger partial charge in [-0.2, -0.15) is 4.31 Å². The van der Waals surface area contributed by atoms with Crippen LogP contribution in [0.5, 0.6) is 0 Å². The summed E-state index contributed by atoms with van der Waals surface area (Å²) in [6.07, 6.45) is 1.50. The minimum atomic E-state index is -3.72. The van der Waals surface area contributed by atoms with Gasteiger partial charge in [-0.1, -0.05) is 55.5 Å². The number of nitrogens with zero attached hydrogens (tertiary/aromatic N) is 3. The molecule has 2 aliphatic rings. The van der Waals surface area contributed by atoms with E-state index in [1.807, 2.05) is 79.4 Å². The molecule has 0 radical (unpaired) electrons. The highest BCUT2D eigenvalue weighted by atomic mass is 32.2. The number of carbonyl (C=O) groups is 2. The van der Waals surface area contributed by atoms with E-state index in [0.717, 1.165) is 22.9 Å². The Bertz CT molecular complexity index is 1440. The molecule has 38 heavy (non-hydrogen) atoms. The summed E-state index contributed by atoms with van der Waals surface area (Å²) < 4.78 is 28.6. The maximum absolute atomic E-state index is 13.9. The molecular formula is C29H34N4O4S. The van der Waals surface area contributed by atoms with Gasteiger partial charge in [0.25, 0.3) is 0 Å². The number of piperidine rings is 1. The van der Waals surface area contributed by atoms with Gasteiger partial charge in [0.1, 0.15) is 12.1 Å². The van der Waals surface area contributed by atoms with E-state index in [-0.39, 0.29) is 49.1 Å². The molecule has 2 saturated heterocycles. The van der Waals surface area contributed by atoms with Crippen molar-refractivity contribution in [3.63, 3.8) is 0 Å². The van der Waals surface area contributed by atoms with E-state index in [2.05, 4.69) is 5.32 Å². The molecule has 3 aromatic rings. The van der Waals surface area contributed by atoms with Crippen LogP contribution in [-0.2, 0) is 19.6 Å². The predicted octanol–water partition coefficient (Wildman–Crippen LogP) is 3.58. The highest BCUT2D eigenvalue weighted by molar-refractivity contribution is 7.89. The first-order chi connectivity index (χ1) is 18.2. The van der Waals surface area contributed by atoms with Crippen LogP contribution in [0, 0.1) is 0 Å². The number of benzene rings is 3. The zero-order valence-electron chi connectivity index (χ0n) is 21.8. The van der Waals surface area contributed by atoms with Gasteiger partial charge in [-0.05, 0) is 61.2 Å². The lowest BCUT2D eigenvalue weighted by molar-refractivity contribution is -0.137. The highest BCUT2D eigenvalue weighted by Gasteiger charge is 2.55. The Labute approximate surface area is 224 Å². The number of anilines is 1. The Balaban J connectivity index is 1.38. The number of hydrogen-bond donors (Lipinski definition) is 1. The zero-order chi connectivity index (χ0) is 26.9. The highest BCUT2D eigenvalue weighted by Crippen LogP contribution is 2.40. The maximum atomic E-state index is 13.9. The van der Waals surface area contributed by atoms with Crippen LogP contribution in [-0.4, -0.2) is 67.3 Å². The van der Waals surface area contributed by atoms with Crippen molar-refractivity contribution in [2.45, 2.75) is 49.6 Å². The first-order valence-corrected chi connectivity index (χ1v) is 14.6. The van der Waals surface area contributed by atoms with Crippen molar-refractivity contribution in [2.24, 2.45) is 0 Å². The molecule has 0 saturated carbocycles. The third-order valence-electron chi connectivity index (χ3n) is 7.84. The lowest BCUT2D eigenvalue weighted by atomic mass is 9.86. The molecule has 1 spiro atoms. The summed E-state index contributed by atoms with van der Waals surface area (Å²) in [7, 11) is -3.72. The van der Waals surface area contributed by atoms with Gasteiger partial charge in [-0.3, -0.25) is 9.59 Å². The molecule has 0 aliphatic carbocycles. The monoisotopic (exact) mass is 534 g/mol. The molecule has 5 rings (SSSR count). The summed E-state index contributed by atoms with van der Waals surface area (Å²) in [4.78, 5) is 30.4. The first-order valence-electron chi connectivity index (χ1n) is 13.1. The van der Waals surface area contributed by atoms with Gasteiger partial charge < -0.3 is 15.1 Å². The summed E-state index contributed by atoms with van der Waals surface area (Å²) in [5, 5.41) is 4.79. The average Bonchev–Trinajstić information content (AvgIpc) is 3.19. The van der Waals surface area contributed by atoms with Crippen molar-refractivity contribution in [1.82, 2.24) is 14.5 Å². The Morgan fingerprint density at radius 3 is 2.32 bits per heavy atom. The summed E-state index contributed by atoms with van der Waals surface area (Å²) in [5.74, 6) is -0.308. The van der Waals surface area contributed by atoms with Crippen molar-refractivity contribution in [1.29, 1.82) is 0 Å². The third kappa shape index (κ3) is 4.76. The third-order valence-corrected chi connectivity index (χ3v) is 9.74. The Kier molecular flexibility index (Phi) is 7.15. The van der Waals surface area contributed by atoms with Crippen LogP contribution in [0.2, 0.25) is 0 Å². The quantitative estimate of drug-likeness (QED) is 0.501. The van der Waals surface area contributed by atoms with Gasteiger partial charge in [-0.25, -0.2) is 8.42 Å². The van der Waals surface area contributed by atoms with Crippen LogP contribution >= 0.6 is 0 Å². The summed E-state index contributed by atoms with van der Waals surface area (Å²) in [6, 6.07) is 22.6. The second-order valence-corrected chi connectivity index (χ2v) is 12.2. The van der Waals surface area contributed by atoms with Gasteiger partial charge in [-0.15, -0.1) is 0 Å². The van der Waals surface area contributed by atoms with Crippen LogP contribution in [0.15, 0.2) is 77.7 Å². The molecule has 2 heterocycles. The molecule has 200 valence electrons. The molecule has 0 aromatic heterocycles. The van der Waals surface area contributed by atoms with Crippen molar-refractivity contribution in [2.75, 3.05) is 31.2 Å². The second kappa shape index (κ2) is 10.4. The number of sulfonamides is 1. The SMILES string of the molecule is CC[C@@H](C)NC(=O)CN1CN(c2ccccc2)C2(CCN(S(=O)(=O)c3ccc4ccccc4c3)CC2)C1=O. The molecule has 2 amide bonds. The summed E-state index contributed by atoms with van der Waals surface area (Å²) in [6.45, 7) is 4.64. The maximum Gasteiger partial charge on any atom is 0.250 e. The van der Waals surface area contributed by atoms with Gasteiger partial charge in [0.2, 0.25) is 21.8 Å². The van der Waals surface area contributed by atoms with E-state index in [9.17, 15) is 18.0 Å². The van der Waals surface area contributed by atoms with E-state index in [4.69, 9.17) is 0 Å². The standard InChI is InChI=1S/C29H34N4O4S/c1-3-22(2)30-27(34)20-31-21-33(25-11-5-4-6-12-25)29(28(31)35)15-17-32(18-16-29)38(36,37)26-14-13-23-9-7-8-10-24(23)19-26/h4-14,19,22H,3,15-18,20-21H2,1-2H3,(H,30,34)/t22-/m1/s1. The molecule has 8 nitrogen and oxygen atoms in total. The largest absolute Gasteiger partial charge is 0.352 e. The number of carbonyl (C=O) groups excluding carboxylic acids is 2. The van der Waals surface area contributed by atoms with Gasteiger partial charge in [0.05, 0.1) is 11.6 Å². The topological polar surface area (TPSA) is 90.0 Å². The molecule has 2 fully saturated rings. The van der Waals surface area contributed by atoms with E-state index in [1.165, 1.54) is 4.31 Å². The number of nitrogens with one attached hydrogen (secondary N) is 1. The number of amides is 2. The van der Waals surface area contributed by atoms with Gasteiger partial charge >= 0.3 is 0 Å². The van der Waals surface area contributed by atoms with Crippen LogP contribution in [0.4, 0.5) is 5.69 Å². The van der Waals surface area contributed by atoms with E-state index in [1.54, 1.807) is 17.0 Å². The molecule has 1 N–H and O–H groups in total. The second-order valence-electron chi connectivity index (χ2n) is 10.2. The van der Waals surface area contributed by atoms with Gasteiger partial charge in [0.15, 0.2) is 0 Å². The van der Waals surface area contributed by atoms with Crippen LogP contribution in [0.1, 0.15) is 33.1 Å². The molecule has 2 aliphatic heterocycles. The first kappa shape index (κ1) is 26.2. The van der Waals surface area contributed by atoms with Crippen LogP contribution < -0.4 is 10.2 Å². The van der Waals surface area contributed by atoms with E-state index < -0.39 is 15.6 Å². The van der Waals surface area contributed by atoms with Crippen LogP contribution in [0.3, 0.4) is 0 Å². The predicted molar refractivity (Wildman–Crippen MR) is 148 cm³/mol. The number of hydrogen-bond acceptors (Lipinski definition) is 5. The molecule has 3 aromatic carbocycles. The smallest absolute Gasteiger partial charge is 0.250 e. The number of fused-ring (bicyclic) bond motifs is 1. The molecule has 9 heteroatoms. The van der Waals surface area contributed by atoms with Crippen molar-refractivity contribution < 1.29 is 18.0 Å². The van der Waals surface area contributed by atoms with Crippen molar-refractivity contribution >= 4 is 38.3 Å². The Hall–Kier alpha value is -3.43. The minimum absolute atomic E-state index is 0.0205. The van der Waals surface area contributed by atoms with Crippen molar-refractivity contribution in [3.05, 3.63) is 72.8 Å². The Morgan fingerprint density at radius 2 is 1.63 bits per heavy atom. The zero-order valence-corrected chi connectivity index (χ0v) is 22.7. The molecule has 1 atom stereocenters. The van der Waals surface area contributed by atoms with E-state index in [0.29, 0.717) is 12.8 Å². The fourth-order valence-electron chi connectivity index (χ4n) is 5.49. The van der Waals surface area contributed by atoms with E-state index >= 15 is 0 Å². The normalized spacial score (nSPS) is 18.7.